The van der Waals surface area contributed by atoms with Crippen molar-refractivity contribution in [1.29, 1.82) is 0 Å². The Bertz CT molecular complexity index is 1150. The van der Waals surface area contributed by atoms with Gasteiger partial charge in [-0.2, -0.15) is 4.40 Å². The van der Waals surface area contributed by atoms with Gasteiger partial charge in [0.25, 0.3) is 0 Å². The van der Waals surface area contributed by atoms with Gasteiger partial charge in [-0.15, -0.1) is 0 Å². The normalized spacial score (nSPS) is 13.6. The lowest BCUT2D eigenvalue weighted by Crippen LogP contribution is -2.15. The van der Waals surface area contributed by atoms with Gasteiger partial charge in [-0.05, 0) is 30.3 Å². The number of imidazole rings is 1. The third kappa shape index (κ3) is 3.17. The van der Waals surface area contributed by atoms with E-state index in [2.05, 4.69) is 23.9 Å². The van der Waals surface area contributed by atoms with E-state index >= 15 is 0 Å². The van der Waals surface area contributed by atoms with Crippen LogP contribution in [0.2, 0.25) is 0 Å². The van der Waals surface area contributed by atoms with Crippen molar-refractivity contribution in [1.82, 2.24) is 24.1 Å². The van der Waals surface area contributed by atoms with E-state index in [1.807, 2.05) is 47.3 Å². The quantitative estimate of drug-likeness (QED) is 0.538. The third-order valence-electron chi connectivity index (χ3n) is 4.28. The first-order valence-electron chi connectivity index (χ1n) is 8.47. The molecule has 9 heteroatoms. The smallest absolute Gasteiger partial charge is 0.231 e. The number of fused-ring (bicyclic) bond motifs is 2. The lowest BCUT2D eigenvalue weighted by molar-refractivity contribution is 0.174. The molecule has 1 aromatic carbocycles. The Hall–Kier alpha value is -3.20. The summed E-state index contributed by atoms with van der Waals surface area (Å²) in [7, 11) is 0. The summed E-state index contributed by atoms with van der Waals surface area (Å²) >= 11 is 1.34. The van der Waals surface area contributed by atoms with Crippen LogP contribution >= 0.6 is 11.9 Å². The first-order chi connectivity index (χ1) is 13.4. The highest BCUT2D eigenvalue weighted by Crippen LogP contribution is 2.35. The molecule has 3 aromatic heterocycles. The second-order valence-corrected chi connectivity index (χ2v) is 6.82. The summed E-state index contributed by atoms with van der Waals surface area (Å²) in [6.07, 6.45) is 7.54. The molecular weight excluding hydrogens is 364 g/mol. The number of H-pyrrole nitrogens is 1. The third-order valence-corrected chi connectivity index (χ3v) is 5.01. The highest BCUT2D eigenvalue weighted by Gasteiger charge is 2.13. The minimum absolute atomic E-state index is 0.263. The standard InChI is InChI=1S/C18H16N6O2S/c1-2-6-23(5-1)7-8-24-11-21-17(16-18(24)20-10-19-16)22-27-13-3-4-14-15(9-13)26-12-25-14/h1-6,9-11H,7-8,12H2,(H,19,20). The average Bonchev–Trinajstić information content (AvgIpc) is 3.46. The van der Waals surface area contributed by atoms with Crippen molar-refractivity contribution < 1.29 is 9.47 Å². The summed E-state index contributed by atoms with van der Waals surface area (Å²) in [6, 6.07) is 9.79. The zero-order valence-electron chi connectivity index (χ0n) is 14.3. The number of aromatic amines is 1. The van der Waals surface area contributed by atoms with Crippen LogP contribution in [0.4, 0.5) is 0 Å². The van der Waals surface area contributed by atoms with Gasteiger partial charge in [-0.25, -0.2) is 9.97 Å². The van der Waals surface area contributed by atoms with E-state index in [-0.39, 0.29) is 6.79 Å². The number of hydrogen-bond donors (Lipinski definition) is 1. The van der Waals surface area contributed by atoms with Crippen LogP contribution < -0.4 is 15.0 Å². The van der Waals surface area contributed by atoms with Gasteiger partial charge in [-0.1, -0.05) is 0 Å². The Kier molecular flexibility index (Phi) is 4.06. The molecule has 0 spiro atoms. The largest absolute Gasteiger partial charge is 0.454 e. The first kappa shape index (κ1) is 16.0. The summed E-state index contributed by atoms with van der Waals surface area (Å²) in [5, 5.41) is 0. The number of benzene rings is 1. The van der Waals surface area contributed by atoms with E-state index in [4.69, 9.17) is 9.47 Å². The zero-order valence-corrected chi connectivity index (χ0v) is 15.1. The van der Waals surface area contributed by atoms with Crippen molar-refractivity contribution in [2.45, 2.75) is 18.0 Å². The molecule has 1 N–H and O–H groups in total. The van der Waals surface area contributed by atoms with Crippen LogP contribution in [-0.2, 0) is 13.1 Å². The highest BCUT2D eigenvalue weighted by atomic mass is 32.2. The predicted molar refractivity (Wildman–Crippen MR) is 100 cm³/mol. The lowest BCUT2D eigenvalue weighted by Gasteiger charge is -2.08. The van der Waals surface area contributed by atoms with Gasteiger partial charge in [0.05, 0.1) is 12.7 Å². The zero-order chi connectivity index (χ0) is 18.1. The van der Waals surface area contributed by atoms with Crippen molar-refractivity contribution in [2.75, 3.05) is 6.79 Å². The number of nitrogens with one attached hydrogen (secondary N) is 1. The van der Waals surface area contributed by atoms with E-state index < -0.39 is 0 Å². The molecule has 0 aliphatic carbocycles. The Morgan fingerprint density at radius 3 is 2.93 bits per heavy atom. The number of hydrogen-bond acceptors (Lipinski definition) is 6. The van der Waals surface area contributed by atoms with E-state index in [0.29, 0.717) is 5.49 Å². The minimum Gasteiger partial charge on any atom is -0.454 e. The van der Waals surface area contributed by atoms with Crippen LogP contribution in [0.15, 0.2) is 64.7 Å². The summed E-state index contributed by atoms with van der Waals surface area (Å²) in [4.78, 5) is 13.0. The molecule has 1 aliphatic heterocycles. The maximum atomic E-state index is 5.41. The van der Waals surface area contributed by atoms with Crippen molar-refractivity contribution in [2.24, 2.45) is 4.40 Å². The van der Waals surface area contributed by atoms with Crippen LogP contribution in [0.25, 0.3) is 11.2 Å². The fraction of sp³-hybridized carbons (Fsp3) is 0.167. The molecule has 0 unspecified atom stereocenters. The molecule has 0 saturated heterocycles. The molecule has 0 bridgehead atoms. The molecule has 0 saturated carbocycles. The highest BCUT2D eigenvalue weighted by molar-refractivity contribution is 7.98. The number of aryl methyl sites for hydroxylation is 2. The van der Waals surface area contributed by atoms with Gasteiger partial charge in [0.1, 0.15) is 5.52 Å². The Labute approximate surface area is 158 Å². The van der Waals surface area contributed by atoms with E-state index in [1.165, 1.54) is 11.9 Å². The summed E-state index contributed by atoms with van der Waals surface area (Å²) in [6.45, 7) is 1.89. The van der Waals surface area contributed by atoms with Gasteiger partial charge in [0.2, 0.25) is 6.79 Å². The Morgan fingerprint density at radius 2 is 2.00 bits per heavy atom. The Balaban J connectivity index is 1.41. The second kappa shape index (κ2) is 6.84. The molecule has 4 aromatic rings. The summed E-state index contributed by atoms with van der Waals surface area (Å²) in [5.74, 6) is 1.50. The molecule has 27 heavy (non-hydrogen) atoms. The number of ether oxygens (including phenoxy) is 2. The van der Waals surface area contributed by atoms with Gasteiger partial charge >= 0.3 is 0 Å². The fourth-order valence-electron chi connectivity index (χ4n) is 2.92. The van der Waals surface area contributed by atoms with Crippen LogP contribution in [0.3, 0.4) is 0 Å². The molecule has 0 atom stereocenters. The van der Waals surface area contributed by atoms with E-state index in [9.17, 15) is 0 Å². The van der Waals surface area contributed by atoms with Gasteiger partial charge in [0, 0.05) is 42.3 Å². The van der Waals surface area contributed by atoms with Crippen LogP contribution in [0.1, 0.15) is 0 Å². The fourth-order valence-corrected chi connectivity index (χ4v) is 3.54. The molecule has 0 amide bonds. The van der Waals surface area contributed by atoms with Crippen LogP contribution in [0, 0.1) is 0 Å². The van der Waals surface area contributed by atoms with Crippen molar-refractivity contribution in [3.8, 4) is 11.5 Å². The van der Waals surface area contributed by atoms with Crippen molar-refractivity contribution >= 4 is 23.1 Å². The lowest BCUT2D eigenvalue weighted by atomic mass is 10.3. The number of nitrogens with zero attached hydrogens (tertiary/aromatic N) is 5. The molecule has 136 valence electrons. The van der Waals surface area contributed by atoms with Gasteiger partial charge < -0.3 is 23.6 Å². The van der Waals surface area contributed by atoms with Crippen LogP contribution in [0.5, 0.6) is 11.5 Å². The molecule has 0 radical (unpaired) electrons. The molecule has 0 fully saturated rings. The number of rotatable bonds is 5. The predicted octanol–water partition coefficient (Wildman–Crippen LogP) is 2.60. The van der Waals surface area contributed by atoms with Crippen molar-refractivity contribution in [3.63, 3.8) is 0 Å². The first-order valence-corrected chi connectivity index (χ1v) is 9.24. The topological polar surface area (TPSA) is 82.3 Å². The molecule has 5 rings (SSSR count). The summed E-state index contributed by atoms with van der Waals surface area (Å²) in [5.41, 5.74) is 2.27. The van der Waals surface area contributed by atoms with Crippen LogP contribution in [-0.4, -0.2) is 30.9 Å². The van der Waals surface area contributed by atoms with E-state index in [0.717, 1.165) is 40.6 Å². The molecule has 4 heterocycles. The second-order valence-electron chi connectivity index (χ2n) is 5.98. The van der Waals surface area contributed by atoms with Gasteiger partial charge in [-0.3, -0.25) is 0 Å². The maximum Gasteiger partial charge on any atom is 0.231 e. The van der Waals surface area contributed by atoms with E-state index in [1.54, 1.807) is 12.7 Å². The molecule has 1 aliphatic rings. The molecule has 8 nitrogen and oxygen atoms in total. The average molecular weight is 380 g/mol. The molecular formula is C18H16N6O2S. The van der Waals surface area contributed by atoms with Gasteiger partial charge in [0.15, 0.2) is 22.6 Å². The Morgan fingerprint density at radius 1 is 1.11 bits per heavy atom. The monoisotopic (exact) mass is 380 g/mol. The number of aromatic nitrogens is 5. The SMILES string of the molecule is c1ccn(CCn2cnc(=NSc3ccc4c(c3)OCO4)c3[nH]cnc32)c1. The minimum atomic E-state index is 0.263. The maximum absolute atomic E-state index is 5.41. The summed E-state index contributed by atoms with van der Waals surface area (Å²) < 4.78 is 19.5. The van der Waals surface area contributed by atoms with Crippen molar-refractivity contribution in [3.05, 3.63) is 60.9 Å².